The quantitative estimate of drug-likeness (QED) is 0.494. The number of hydrogen-bond donors (Lipinski definition) is 2. The Hall–Kier alpha value is -2.94. The lowest BCUT2D eigenvalue weighted by Crippen LogP contribution is -2.32. The summed E-state index contributed by atoms with van der Waals surface area (Å²) >= 11 is 6.06. The van der Waals surface area contributed by atoms with Gasteiger partial charge in [0.15, 0.2) is 5.43 Å². The summed E-state index contributed by atoms with van der Waals surface area (Å²) < 4.78 is 56.0. The highest BCUT2D eigenvalue weighted by molar-refractivity contribution is 6.31. The Kier molecular flexibility index (Phi) is 5.51. The SMILES string of the molecule is Cc1c([C@@H]2C[C@@](C)(C(F)(F)F)CC2c2cc(=O)c3c(C(N)=O)nccc3[nH]2)ccc(F)c1Cl. The number of rotatable bonds is 3. The zero-order valence-electron chi connectivity index (χ0n) is 17.7. The molecule has 3 N–H and O–H groups in total. The van der Waals surface area contributed by atoms with Gasteiger partial charge in [-0.2, -0.15) is 13.2 Å². The molecule has 0 radical (unpaired) electrons. The van der Waals surface area contributed by atoms with Crippen LogP contribution in [0.2, 0.25) is 5.02 Å². The number of hydrogen-bond acceptors (Lipinski definition) is 3. The van der Waals surface area contributed by atoms with Crippen LogP contribution in [0.25, 0.3) is 10.9 Å². The van der Waals surface area contributed by atoms with Crippen molar-refractivity contribution < 1.29 is 22.4 Å². The molecule has 2 heterocycles. The number of primary amides is 1. The van der Waals surface area contributed by atoms with Gasteiger partial charge in [0.2, 0.25) is 0 Å². The van der Waals surface area contributed by atoms with Gasteiger partial charge < -0.3 is 10.7 Å². The molecule has 0 bridgehead atoms. The van der Waals surface area contributed by atoms with E-state index >= 15 is 0 Å². The number of nitrogens with zero attached hydrogens (tertiary/aromatic N) is 1. The van der Waals surface area contributed by atoms with Crippen molar-refractivity contribution in [2.24, 2.45) is 11.1 Å². The number of fused-ring (bicyclic) bond motifs is 1. The molecule has 1 fully saturated rings. The molecular formula is C23H20ClF4N3O2. The number of amides is 1. The minimum absolute atomic E-state index is 0.0251. The van der Waals surface area contributed by atoms with Crippen LogP contribution < -0.4 is 11.2 Å². The van der Waals surface area contributed by atoms with Gasteiger partial charge >= 0.3 is 6.18 Å². The molecule has 0 aliphatic heterocycles. The van der Waals surface area contributed by atoms with E-state index in [4.69, 9.17) is 17.3 Å². The van der Waals surface area contributed by atoms with Crippen LogP contribution in [-0.4, -0.2) is 22.1 Å². The number of aromatic nitrogens is 2. The molecule has 33 heavy (non-hydrogen) atoms. The smallest absolute Gasteiger partial charge is 0.364 e. The van der Waals surface area contributed by atoms with Gasteiger partial charge in [-0.1, -0.05) is 24.6 Å². The number of pyridine rings is 2. The van der Waals surface area contributed by atoms with E-state index in [2.05, 4.69) is 9.97 Å². The topological polar surface area (TPSA) is 88.8 Å². The molecule has 5 nitrogen and oxygen atoms in total. The van der Waals surface area contributed by atoms with Crippen molar-refractivity contribution in [3.8, 4) is 0 Å². The summed E-state index contributed by atoms with van der Waals surface area (Å²) in [7, 11) is 0. The molecule has 0 spiro atoms. The average molecular weight is 482 g/mol. The van der Waals surface area contributed by atoms with Crippen LogP contribution in [0.3, 0.4) is 0 Å². The lowest BCUT2D eigenvalue weighted by Gasteiger charge is -2.27. The van der Waals surface area contributed by atoms with E-state index in [-0.39, 0.29) is 40.2 Å². The third-order valence-corrected chi connectivity index (χ3v) is 7.15. The van der Waals surface area contributed by atoms with E-state index in [9.17, 15) is 27.2 Å². The number of halogens is 5. The number of nitrogens with one attached hydrogen (secondary N) is 1. The molecule has 174 valence electrons. The average Bonchev–Trinajstić information content (AvgIpc) is 3.10. The number of carbonyl (C=O) groups is 1. The Morgan fingerprint density at radius 1 is 1.24 bits per heavy atom. The predicted octanol–water partition coefficient (Wildman–Crippen LogP) is 5.35. The highest BCUT2D eigenvalue weighted by Crippen LogP contribution is 2.61. The molecule has 3 atom stereocenters. The monoisotopic (exact) mass is 481 g/mol. The molecule has 1 aliphatic carbocycles. The van der Waals surface area contributed by atoms with Gasteiger partial charge in [-0.25, -0.2) is 4.39 Å². The van der Waals surface area contributed by atoms with Crippen molar-refractivity contribution in [2.45, 2.75) is 44.7 Å². The molecule has 1 unspecified atom stereocenters. The third-order valence-electron chi connectivity index (χ3n) is 6.69. The summed E-state index contributed by atoms with van der Waals surface area (Å²) in [6.45, 7) is 2.71. The lowest BCUT2D eigenvalue weighted by molar-refractivity contribution is -0.216. The largest absolute Gasteiger partial charge is 0.394 e. The Balaban J connectivity index is 1.92. The number of aromatic amines is 1. The summed E-state index contributed by atoms with van der Waals surface area (Å²) in [5.74, 6) is -2.96. The first-order valence-electron chi connectivity index (χ1n) is 10.2. The molecule has 4 rings (SSSR count). The van der Waals surface area contributed by atoms with Crippen LogP contribution in [-0.2, 0) is 0 Å². The van der Waals surface area contributed by atoms with Gasteiger partial charge in [-0.15, -0.1) is 0 Å². The zero-order chi connectivity index (χ0) is 24.3. The summed E-state index contributed by atoms with van der Waals surface area (Å²) in [6, 6.07) is 5.24. The molecule has 1 aromatic carbocycles. The number of H-pyrrole nitrogens is 1. The second-order valence-corrected chi connectivity index (χ2v) is 9.17. The number of nitrogens with two attached hydrogens (primary N) is 1. The standard InChI is InChI=1S/C23H20ClF4N3O2/c1-10-11(3-4-14(25)19(10)24)12-8-22(2,23(26,27)28)9-13(12)16-7-17(32)18-15(31-16)5-6-30-20(18)21(29)33/h3-7,12-13H,8-9H2,1-2H3,(H2,29,33)(H,31,32)/t12-,13?,22+/m0/s1. The predicted molar refractivity (Wildman–Crippen MR) is 116 cm³/mol. The van der Waals surface area contributed by atoms with Crippen molar-refractivity contribution in [3.63, 3.8) is 0 Å². The van der Waals surface area contributed by atoms with Gasteiger partial charge in [-0.3, -0.25) is 14.6 Å². The fourth-order valence-corrected chi connectivity index (χ4v) is 5.07. The second kappa shape index (κ2) is 7.83. The van der Waals surface area contributed by atoms with E-state index < -0.39 is 40.6 Å². The van der Waals surface area contributed by atoms with Gasteiger partial charge in [0.05, 0.1) is 21.3 Å². The third kappa shape index (κ3) is 3.78. The first-order valence-corrected chi connectivity index (χ1v) is 10.5. The van der Waals surface area contributed by atoms with E-state index in [1.807, 2.05) is 0 Å². The Morgan fingerprint density at radius 3 is 2.55 bits per heavy atom. The maximum atomic E-state index is 14.0. The van der Waals surface area contributed by atoms with Crippen molar-refractivity contribution in [3.05, 3.63) is 74.0 Å². The highest BCUT2D eigenvalue weighted by atomic mass is 35.5. The molecule has 10 heteroatoms. The van der Waals surface area contributed by atoms with Crippen molar-refractivity contribution in [1.29, 1.82) is 0 Å². The van der Waals surface area contributed by atoms with Crippen LogP contribution in [0, 0.1) is 18.2 Å². The van der Waals surface area contributed by atoms with Crippen molar-refractivity contribution in [1.82, 2.24) is 9.97 Å². The maximum absolute atomic E-state index is 14.0. The van der Waals surface area contributed by atoms with Crippen LogP contribution in [0.15, 0.2) is 35.3 Å². The summed E-state index contributed by atoms with van der Waals surface area (Å²) in [4.78, 5) is 31.4. The van der Waals surface area contributed by atoms with Crippen LogP contribution >= 0.6 is 11.6 Å². The zero-order valence-corrected chi connectivity index (χ0v) is 18.4. The van der Waals surface area contributed by atoms with Crippen LogP contribution in [0.5, 0.6) is 0 Å². The fraction of sp³-hybridized carbons (Fsp3) is 0.348. The molecule has 2 aromatic heterocycles. The van der Waals surface area contributed by atoms with Gasteiger partial charge in [0.25, 0.3) is 5.91 Å². The van der Waals surface area contributed by atoms with Gasteiger partial charge in [0, 0.05) is 23.9 Å². The molecular weight excluding hydrogens is 462 g/mol. The van der Waals surface area contributed by atoms with Crippen molar-refractivity contribution in [2.75, 3.05) is 0 Å². The molecule has 0 saturated heterocycles. The Morgan fingerprint density at radius 2 is 1.91 bits per heavy atom. The Labute approximate surface area is 191 Å². The molecule has 1 amide bonds. The van der Waals surface area contributed by atoms with Gasteiger partial charge in [-0.05, 0) is 48.9 Å². The summed E-state index contributed by atoms with van der Waals surface area (Å²) in [5.41, 5.74) is 3.87. The first-order chi connectivity index (χ1) is 15.3. The van der Waals surface area contributed by atoms with E-state index in [1.165, 1.54) is 24.4 Å². The number of carbonyl (C=O) groups excluding carboxylic acids is 1. The molecule has 1 aliphatic rings. The van der Waals surface area contributed by atoms with E-state index in [0.29, 0.717) is 11.1 Å². The van der Waals surface area contributed by atoms with Crippen LogP contribution in [0.1, 0.15) is 58.9 Å². The van der Waals surface area contributed by atoms with Crippen molar-refractivity contribution >= 4 is 28.4 Å². The Bertz CT molecular complexity index is 1340. The van der Waals surface area contributed by atoms with Gasteiger partial charge in [0.1, 0.15) is 11.5 Å². The number of benzene rings is 1. The fourth-order valence-electron chi connectivity index (χ4n) is 4.90. The number of alkyl halides is 3. The van der Waals surface area contributed by atoms with E-state index in [1.54, 1.807) is 6.92 Å². The molecule has 1 saturated carbocycles. The summed E-state index contributed by atoms with van der Waals surface area (Å²) in [5, 5.41) is -0.168. The lowest BCUT2D eigenvalue weighted by atomic mass is 9.83. The summed E-state index contributed by atoms with van der Waals surface area (Å²) in [6.07, 6.45) is -3.74. The highest BCUT2D eigenvalue weighted by Gasteiger charge is 2.58. The minimum Gasteiger partial charge on any atom is -0.364 e. The minimum atomic E-state index is -4.49. The van der Waals surface area contributed by atoms with Crippen LogP contribution in [0.4, 0.5) is 17.6 Å². The normalized spacial score (nSPS) is 23.2. The maximum Gasteiger partial charge on any atom is 0.394 e. The van der Waals surface area contributed by atoms with E-state index in [0.717, 1.165) is 13.0 Å². The first kappa shape index (κ1) is 23.2. The molecule has 3 aromatic rings. The second-order valence-electron chi connectivity index (χ2n) is 8.79.